The van der Waals surface area contributed by atoms with Gasteiger partial charge in [0.1, 0.15) is 10.8 Å². The Balaban J connectivity index is 1.43. The van der Waals surface area contributed by atoms with Crippen LogP contribution >= 0.6 is 11.3 Å². The highest BCUT2D eigenvalue weighted by Crippen LogP contribution is 2.40. The number of aryl methyl sites for hydroxylation is 3. The first-order valence-electron chi connectivity index (χ1n) is 13.4. The number of anilines is 2. The first kappa shape index (κ1) is 28.4. The molecule has 3 aromatic rings. The quantitative estimate of drug-likeness (QED) is 0.308. The van der Waals surface area contributed by atoms with E-state index in [9.17, 15) is 14.4 Å². The maximum absolute atomic E-state index is 13.1. The lowest BCUT2D eigenvalue weighted by atomic mass is 9.88. The van der Waals surface area contributed by atoms with Crippen molar-refractivity contribution >= 4 is 39.8 Å². The molecule has 39 heavy (non-hydrogen) atoms. The molecule has 0 radical (unpaired) electrons. The lowest BCUT2D eigenvalue weighted by Gasteiger charge is -2.18. The Bertz CT molecular complexity index is 1370. The van der Waals surface area contributed by atoms with Crippen LogP contribution in [0.1, 0.15) is 75.0 Å². The summed E-state index contributed by atoms with van der Waals surface area (Å²) >= 11 is 1.46. The highest BCUT2D eigenvalue weighted by Gasteiger charge is 2.29. The van der Waals surface area contributed by atoms with E-state index in [0.29, 0.717) is 27.8 Å². The van der Waals surface area contributed by atoms with Crippen LogP contribution in [-0.2, 0) is 22.4 Å². The van der Waals surface area contributed by atoms with Crippen molar-refractivity contribution in [1.82, 2.24) is 0 Å². The molecule has 0 bridgehead atoms. The highest BCUT2D eigenvalue weighted by atomic mass is 32.1. The number of rotatable bonds is 8. The fourth-order valence-electron chi connectivity index (χ4n) is 4.98. The Morgan fingerprint density at radius 3 is 2.36 bits per heavy atom. The van der Waals surface area contributed by atoms with Gasteiger partial charge < -0.3 is 20.1 Å². The van der Waals surface area contributed by atoms with Crippen LogP contribution in [0.5, 0.6) is 5.75 Å². The second-order valence-electron chi connectivity index (χ2n) is 10.3. The summed E-state index contributed by atoms with van der Waals surface area (Å²) in [5, 5.41) is 6.43. The number of fused-ring (bicyclic) bond motifs is 1. The lowest BCUT2D eigenvalue weighted by molar-refractivity contribution is -0.122. The zero-order valence-electron chi connectivity index (χ0n) is 23.4. The molecule has 0 unspecified atom stereocenters. The standard InChI is InChI=1S/C31H36N2O5S/c1-7-37-31(36)26-24-13-8-17(2)16-25(24)39-30(26)33-29(35)22-9-11-23(12-10-22)38-21(6)28(34)32-27-19(4)14-18(3)15-20(27)5/h9-12,14-15,17,21H,7-8,13,16H2,1-6H3,(H,32,34)(H,33,35)/t17-,21-/m0/s1. The van der Waals surface area contributed by atoms with Crippen LogP contribution in [0.2, 0.25) is 0 Å². The van der Waals surface area contributed by atoms with Gasteiger partial charge in [-0.15, -0.1) is 11.3 Å². The topological polar surface area (TPSA) is 93.7 Å². The minimum Gasteiger partial charge on any atom is -0.481 e. The molecular formula is C31H36N2O5S. The first-order chi connectivity index (χ1) is 18.6. The molecule has 0 fully saturated rings. The third-order valence-electron chi connectivity index (χ3n) is 6.94. The summed E-state index contributed by atoms with van der Waals surface area (Å²) in [5.74, 6) is 0.0344. The van der Waals surface area contributed by atoms with Gasteiger partial charge in [0, 0.05) is 16.1 Å². The molecule has 1 aliphatic carbocycles. The van der Waals surface area contributed by atoms with E-state index in [-0.39, 0.29) is 18.4 Å². The zero-order valence-corrected chi connectivity index (χ0v) is 24.2. The van der Waals surface area contributed by atoms with E-state index < -0.39 is 12.1 Å². The van der Waals surface area contributed by atoms with Gasteiger partial charge in [-0.05, 0) is 101 Å². The van der Waals surface area contributed by atoms with Gasteiger partial charge in [0.05, 0.1) is 12.2 Å². The van der Waals surface area contributed by atoms with Crippen LogP contribution in [0.15, 0.2) is 36.4 Å². The number of benzene rings is 2. The number of nitrogens with one attached hydrogen (secondary N) is 2. The molecule has 2 amide bonds. The molecule has 0 aliphatic heterocycles. The monoisotopic (exact) mass is 548 g/mol. The number of carbonyl (C=O) groups is 3. The minimum absolute atomic E-state index is 0.255. The summed E-state index contributed by atoms with van der Waals surface area (Å²) in [6, 6.07) is 10.7. The van der Waals surface area contributed by atoms with Gasteiger partial charge in [0.25, 0.3) is 11.8 Å². The molecule has 2 atom stereocenters. The normalized spacial score (nSPS) is 15.2. The number of amides is 2. The van der Waals surface area contributed by atoms with Gasteiger partial charge in [-0.3, -0.25) is 9.59 Å². The molecule has 4 rings (SSSR count). The van der Waals surface area contributed by atoms with Crippen molar-refractivity contribution in [2.24, 2.45) is 5.92 Å². The van der Waals surface area contributed by atoms with E-state index in [1.54, 1.807) is 38.1 Å². The lowest BCUT2D eigenvalue weighted by Crippen LogP contribution is -2.30. The fraction of sp³-hybridized carbons (Fsp3) is 0.387. The van der Waals surface area contributed by atoms with Crippen LogP contribution in [0.3, 0.4) is 0 Å². The summed E-state index contributed by atoms with van der Waals surface area (Å²) in [7, 11) is 0. The first-order valence-corrected chi connectivity index (χ1v) is 14.2. The number of ether oxygens (including phenoxy) is 2. The zero-order chi connectivity index (χ0) is 28.3. The molecule has 1 aromatic heterocycles. The molecule has 8 heteroatoms. The van der Waals surface area contributed by atoms with Gasteiger partial charge >= 0.3 is 5.97 Å². The number of hydrogen-bond donors (Lipinski definition) is 2. The Morgan fingerprint density at radius 1 is 1.05 bits per heavy atom. The fourth-order valence-corrected chi connectivity index (χ4v) is 6.37. The predicted octanol–water partition coefficient (Wildman–Crippen LogP) is 6.63. The maximum Gasteiger partial charge on any atom is 0.341 e. The summed E-state index contributed by atoms with van der Waals surface area (Å²) in [6.45, 7) is 11.9. The van der Waals surface area contributed by atoms with Crippen molar-refractivity contribution in [1.29, 1.82) is 0 Å². The minimum atomic E-state index is -0.739. The van der Waals surface area contributed by atoms with Crippen LogP contribution in [0.25, 0.3) is 0 Å². The second kappa shape index (κ2) is 12.0. The third kappa shape index (κ3) is 6.50. The summed E-state index contributed by atoms with van der Waals surface area (Å²) in [6.07, 6.45) is 1.96. The predicted molar refractivity (Wildman–Crippen MR) is 155 cm³/mol. The molecular weight excluding hydrogens is 512 g/mol. The molecule has 1 aliphatic rings. The molecule has 206 valence electrons. The third-order valence-corrected chi connectivity index (χ3v) is 8.11. The highest BCUT2D eigenvalue weighted by molar-refractivity contribution is 7.17. The van der Waals surface area contributed by atoms with E-state index in [1.165, 1.54) is 11.3 Å². The Labute approximate surface area is 233 Å². The van der Waals surface area contributed by atoms with Crippen molar-refractivity contribution in [3.05, 3.63) is 74.7 Å². The molecule has 7 nitrogen and oxygen atoms in total. The van der Waals surface area contributed by atoms with Crippen LogP contribution in [0.4, 0.5) is 10.7 Å². The van der Waals surface area contributed by atoms with Crippen molar-refractivity contribution in [2.75, 3.05) is 17.2 Å². The molecule has 1 heterocycles. The smallest absolute Gasteiger partial charge is 0.341 e. The number of esters is 1. The van der Waals surface area contributed by atoms with Crippen LogP contribution < -0.4 is 15.4 Å². The van der Waals surface area contributed by atoms with E-state index >= 15 is 0 Å². The number of thiophene rings is 1. The van der Waals surface area contributed by atoms with Gasteiger partial charge in [-0.2, -0.15) is 0 Å². The van der Waals surface area contributed by atoms with Gasteiger partial charge in [0.15, 0.2) is 6.10 Å². The van der Waals surface area contributed by atoms with E-state index in [1.807, 2.05) is 32.9 Å². The van der Waals surface area contributed by atoms with Crippen molar-refractivity contribution in [3.63, 3.8) is 0 Å². The summed E-state index contributed by atoms with van der Waals surface area (Å²) in [5.41, 5.74) is 5.82. The van der Waals surface area contributed by atoms with Gasteiger partial charge in [-0.25, -0.2) is 4.79 Å². The Morgan fingerprint density at radius 2 is 1.72 bits per heavy atom. The Hall–Kier alpha value is -3.65. The summed E-state index contributed by atoms with van der Waals surface area (Å²) in [4.78, 5) is 39.8. The molecule has 2 N–H and O–H groups in total. The van der Waals surface area contributed by atoms with Crippen LogP contribution in [0, 0.1) is 26.7 Å². The van der Waals surface area contributed by atoms with Crippen molar-refractivity contribution < 1.29 is 23.9 Å². The second-order valence-corrected chi connectivity index (χ2v) is 11.4. The summed E-state index contributed by atoms with van der Waals surface area (Å²) < 4.78 is 11.1. The van der Waals surface area contributed by atoms with E-state index in [4.69, 9.17) is 9.47 Å². The van der Waals surface area contributed by atoms with E-state index in [2.05, 4.69) is 17.6 Å². The van der Waals surface area contributed by atoms with Crippen molar-refractivity contribution in [2.45, 2.75) is 66.9 Å². The Kier molecular flexibility index (Phi) is 8.75. The SMILES string of the molecule is CCOC(=O)c1c(NC(=O)c2ccc(O[C@@H](C)C(=O)Nc3c(C)cc(C)cc3C)cc2)sc2c1CC[C@H](C)C2. The largest absolute Gasteiger partial charge is 0.481 e. The van der Waals surface area contributed by atoms with Gasteiger partial charge in [0.2, 0.25) is 0 Å². The average molecular weight is 549 g/mol. The molecule has 0 spiro atoms. The van der Waals surface area contributed by atoms with Crippen molar-refractivity contribution in [3.8, 4) is 5.75 Å². The molecule has 0 saturated heterocycles. The van der Waals surface area contributed by atoms with Crippen LogP contribution in [-0.4, -0.2) is 30.5 Å². The number of carbonyl (C=O) groups excluding carboxylic acids is 3. The molecule has 2 aromatic carbocycles. The average Bonchev–Trinajstić information content (AvgIpc) is 3.23. The molecule has 0 saturated carbocycles. The van der Waals surface area contributed by atoms with E-state index in [0.717, 1.165) is 52.1 Å². The number of hydrogen-bond acceptors (Lipinski definition) is 6. The van der Waals surface area contributed by atoms with Gasteiger partial charge in [-0.1, -0.05) is 24.6 Å². The maximum atomic E-state index is 13.1.